The molecule has 2 N–H and O–H groups in total. The van der Waals surface area contributed by atoms with E-state index >= 15 is 0 Å². The minimum absolute atomic E-state index is 0.0470. The van der Waals surface area contributed by atoms with Gasteiger partial charge in [-0.2, -0.15) is 0 Å². The summed E-state index contributed by atoms with van der Waals surface area (Å²) in [6.07, 6.45) is 0. The smallest absolute Gasteiger partial charge is 0.257 e. The van der Waals surface area contributed by atoms with Gasteiger partial charge in [-0.15, -0.1) is 0 Å². The Hall–Kier alpha value is -3.02. The Morgan fingerprint density at radius 3 is 2.04 bits per heavy atom. The van der Waals surface area contributed by atoms with Crippen LogP contribution in [0.5, 0.6) is 0 Å². The lowest BCUT2D eigenvalue weighted by molar-refractivity contribution is 0.0972. The molecule has 0 aromatic heterocycles. The molecule has 3 aromatic rings. The van der Waals surface area contributed by atoms with E-state index in [-0.39, 0.29) is 12.5 Å². The standard InChI is InChI=1S/C23H22N2O2S/c26-16-15-25(17-18-7-3-1-4-8-18)23(28)24-22(27)21-13-11-20(12-14-21)19-9-5-2-6-10-19/h1-14,26H,15-17H2,(H,24,27,28). The molecule has 3 aromatic carbocycles. The Morgan fingerprint density at radius 1 is 0.857 bits per heavy atom. The Labute approximate surface area is 170 Å². The first-order valence-electron chi connectivity index (χ1n) is 9.08. The average Bonchev–Trinajstić information content (AvgIpc) is 2.75. The summed E-state index contributed by atoms with van der Waals surface area (Å²) in [6, 6.07) is 27.2. The van der Waals surface area contributed by atoms with Gasteiger partial charge < -0.3 is 10.0 Å². The molecule has 28 heavy (non-hydrogen) atoms. The summed E-state index contributed by atoms with van der Waals surface area (Å²) in [6.45, 7) is 0.822. The van der Waals surface area contributed by atoms with Crippen molar-refractivity contribution in [3.05, 3.63) is 96.1 Å². The lowest BCUT2D eigenvalue weighted by Crippen LogP contribution is -2.43. The van der Waals surface area contributed by atoms with E-state index in [1.807, 2.05) is 72.8 Å². The zero-order valence-corrected chi connectivity index (χ0v) is 16.2. The molecule has 0 aliphatic rings. The van der Waals surface area contributed by atoms with Crippen molar-refractivity contribution in [3.63, 3.8) is 0 Å². The van der Waals surface area contributed by atoms with Crippen LogP contribution in [-0.2, 0) is 6.54 Å². The van der Waals surface area contributed by atoms with Crippen molar-refractivity contribution in [3.8, 4) is 11.1 Å². The van der Waals surface area contributed by atoms with Crippen molar-refractivity contribution in [2.24, 2.45) is 0 Å². The van der Waals surface area contributed by atoms with Crippen LogP contribution < -0.4 is 5.32 Å². The van der Waals surface area contributed by atoms with Crippen molar-refractivity contribution in [2.45, 2.75) is 6.54 Å². The first kappa shape index (κ1) is 19.7. The highest BCUT2D eigenvalue weighted by molar-refractivity contribution is 7.80. The fourth-order valence-corrected chi connectivity index (χ4v) is 3.12. The summed E-state index contributed by atoms with van der Waals surface area (Å²) in [5.41, 5.74) is 3.73. The maximum absolute atomic E-state index is 12.6. The van der Waals surface area contributed by atoms with Crippen molar-refractivity contribution < 1.29 is 9.90 Å². The van der Waals surface area contributed by atoms with Crippen LogP contribution in [0.15, 0.2) is 84.9 Å². The van der Waals surface area contributed by atoms with Crippen molar-refractivity contribution >= 4 is 23.2 Å². The van der Waals surface area contributed by atoms with Gasteiger partial charge in [-0.1, -0.05) is 72.8 Å². The molecule has 3 rings (SSSR count). The molecular formula is C23H22N2O2S. The van der Waals surface area contributed by atoms with Gasteiger partial charge in [0.25, 0.3) is 5.91 Å². The van der Waals surface area contributed by atoms with E-state index in [2.05, 4.69) is 5.32 Å². The fourth-order valence-electron chi connectivity index (χ4n) is 2.87. The average molecular weight is 391 g/mol. The molecule has 0 unspecified atom stereocenters. The number of thiocarbonyl (C=S) groups is 1. The third-order valence-corrected chi connectivity index (χ3v) is 4.71. The van der Waals surface area contributed by atoms with Crippen LogP contribution >= 0.6 is 12.2 Å². The highest BCUT2D eigenvalue weighted by Gasteiger charge is 2.14. The van der Waals surface area contributed by atoms with Gasteiger partial charge in [0, 0.05) is 18.7 Å². The first-order chi connectivity index (χ1) is 13.7. The molecule has 5 heteroatoms. The van der Waals surface area contributed by atoms with Gasteiger partial charge in [-0.25, -0.2) is 0 Å². The van der Waals surface area contributed by atoms with E-state index in [4.69, 9.17) is 12.2 Å². The molecule has 0 saturated carbocycles. The molecular weight excluding hydrogens is 368 g/mol. The van der Waals surface area contributed by atoms with Crippen molar-refractivity contribution in [2.75, 3.05) is 13.2 Å². The second kappa shape index (κ2) is 9.78. The first-order valence-corrected chi connectivity index (χ1v) is 9.49. The number of aliphatic hydroxyl groups is 1. The Morgan fingerprint density at radius 2 is 1.43 bits per heavy atom. The number of rotatable bonds is 6. The predicted molar refractivity (Wildman–Crippen MR) is 116 cm³/mol. The Balaban J connectivity index is 1.65. The zero-order valence-electron chi connectivity index (χ0n) is 15.4. The minimum atomic E-state index is -0.263. The van der Waals surface area contributed by atoms with Gasteiger partial charge in [0.15, 0.2) is 5.11 Å². The van der Waals surface area contributed by atoms with E-state index in [1.165, 1.54) is 0 Å². The van der Waals surface area contributed by atoms with Crippen LogP contribution in [-0.4, -0.2) is 34.2 Å². The number of aliphatic hydroxyl groups excluding tert-OH is 1. The van der Waals surface area contributed by atoms with Crippen LogP contribution in [0.1, 0.15) is 15.9 Å². The fraction of sp³-hybridized carbons (Fsp3) is 0.130. The van der Waals surface area contributed by atoms with Crippen LogP contribution in [0.4, 0.5) is 0 Å². The van der Waals surface area contributed by atoms with Crippen molar-refractivity contribution in [1.82, 2.24) is 10.2 Å². The van der Waals surface area contributed by atoms with Gasteiger partial charge in [0.2, 0.25) is 0 Å². The van der Waals surface area contributed by atoms with Gasteiger partial charge in [0.05, 0.1) is 6.61 Å². The number of hydrogen-bond acceptors (Lipinski definition) is 3. The monoisotopic (exact) mass is 390 g/mol. The maximum atomic E-state index is 12.6. The quantitative estimate of drug-likeness (QED) is 0.628. The number of amides is 1. The lowest BCUT2D eigenvalue weighted by Gasteiger charge is -2.24. The third kappa shape index (κ3) is 5.25. The molecule has 1 amide bonds. The summed E-state index contributed by atoms with van der Waals surface area (Å²) in [5, 5.41) is 12.4. The van der Waals surface area contributed by atoms with Crippen LogP contribution in [0, 0.1) is 0 Å². The Bertz CT molecular complexity index is 912. The minimum Gasteiger partial charge on any atom is -0.395 e. The van der Waals surface area contributed by atoms with Crippen LogP contribution in [0.2, 0.25) is 0 Å². The number of nitrogens with one attached hydrogen (secondary N) is 1. The summed E-state index contributed by atoms with van der Waals surface area (Å²) in [5.74, 6) is -0.263. The molecule has 0 atom stereocenters. The highest BCUT2D eigenvalue weighted by atomic mass is 32.1. The Kier molecular flexibility index (Phi) is 6.89. The van der Waals surface area contributed by atoms with Crippen LogP contribution in [0.25, 0.3) is 11.1 Å². The second-order valence-electron chi connectivity index (χ2n) is 6.33. The number of carbonyl (C=O) groups is 1. The summed E-state index contributed by atoms with van der Waals surface area (Å²) in [7, 11) is 0. The largest absolute Gasteiger partial charge is 0.395 e. The van der Waals surface area contributed by atoms with Gasteiger partial charge in [-0.3, -0.25) is 10.1 Å². The molecule has 0 spiro atoms. The highest BCUT2D eigenvalue weighted by Crippen LogP contribution is 2.19. The number of hydrogen-bond donors (Lipinski definition) is 2. The predicted octanol–water partition coefficient (Wildman–Crippen LogP) is 3.86. The lowest BCUT2D eigenvalue weighted by atomic mass is 10.0. The molecule has 0 fully saturated rings. The van der Waals surface area contributed by atoms with E-state index in [9.17, 15) is 9.90 Å². The molecule has 0 heterocycles. The number of nitrogens with zero attached hydrogens (tertiary/aromatic N) is 1. The summed E-state index contributed by atoms with van der Waals surface area (Å²) >= 11 is 5.40. The SMILES string of the molecule is O=C(NC(=S)N(CCO)Cc1ccccc1)c1ccc(-c2ccccc2)cc1. The molecule has 0 radical (unpaired) electrons. The molecule has 0 aliphatic heterocycles. The molecule has 0 bridgehead atoms. The second-order valence-corrected chi connectivity index (χ2v) is 6.72. The van der Waals surface area contributed by atoms with Crippen molar-refractivity contribution in [1.29, 1.82) is 0 Å². The van der Waals surface area contributed by atoms with E-state index < -0.39 is 0 Å². The topological polar surface area (TPSA) is 52.6 Å². The van der Waals surface area contributed by atoms with E-state index in [0.29, 0.717) is 23.8 Å². The summed E-state index contributed by atoms with van der Waals surface area (Å²) in [4.78, 5) is 14.4. The normalized spacial score (nSPS) is 10.3. The number of carbonyl (C=O) groups excluding carboxylic acids is 1. The molecule has 0 aliphatic carbocycles. The molecule has 142 valence electrons. The summed E-state index contributed by atoms with van der Waals surface area (Å²) < 4.78 is 0. The van der Waals surface area contributed by atoms with Gasteiger partial charge >= 0.3 is 0 Å². The maximum Gasteiger partial charge on any atom is 0.257 e. The third-order valence-electron chi connectivity index (χ3n) is 4.35. The molecule has 4 nitrogen and oxygen atoms in total. The molecule has 0 saturated heterocycles. The van der Waals surface area contributed by atoms with Gasteiger partial charge in [0.1, 0.15) is 0 Å². The van der Waals surface area contributed by atoms with E-state index in [1.54, 1.807) is 17.0 Å². The zero-order chi connectivity index (χ0) is 19.8. The van der Waals surface area contributed by atoms with Crippen LogP contribution in [0.3, 0.4) is 0 Å². The number of benzene rings is 3. The van der Waals surface area contributed by atoms with E-state index in [0.717, 1.165) is 16.7 Å². The van der Waals surface area contributed by atoms with Gasteiger partial charge in [-0.05, 0) is 41.0 Å².